The van der Waals surface area contributed by atoms with Gasteiger partial charge in [-0.15, -0.1) is 0 Å². The molecule has 5 amide bonds. The molecule has 0 unspecified atom stereocenters. The van der Waals surface area contributed by atoms with Crippen LogP contribution in [0.25, 0.3) is 10.9 Å². The number of carbonyl (C=O) groups is 4. The first-order chi connectivity index (χ1) is 17.7. The summed E-state index contributed by atoms with van der Waals surface area (Å²) < 4.78 is 0. The highest BCUT2D eigenvalue weighted by Crippen LogP contribution is 2.27. The van der Waals surface area contributed by atoms with Crippen LogP contribution in [0.1, 0.15) is 41.0 Å². The van der Waals surface area contributed by atoms with Crippen molar-refractivity contribution in [3.63, 3.8) is 0 Å². The van der Waals surface area contributed by atoms with Crippen LogP contribution in [0.2, 0.25) is 0 Å². The molecule has 0 aliphatic carbocycles. The predicted octanol–water partition coefficient (Wildman–Crippen LogP) is 2.31. The number of imide groups is 1. The maximum atomic E-state index is 13.2. The van der Waals surface area contributed by atoms with E-state index in [1.165, 1.54) is 4.90 Å². The zero-order valence-corrected chi connectivity index (χ0v) is 21.0. The van der Waals surface area contributed by atoms with E-state index in [1.807, 2.05) is 37.3 Å². The Morgan fingerprint density at radius 2 is 1.86 bits per heavy atom. The summed E-state index contributed by atoms with van der Waals surface area (Å²) in [6, 6.07) is 16.0. The van der Waals surface area contributed by atoms with Crippen molar-refractivity contribution in [2.45, 2.75) is 38.8 Å². The molecule has 2 atom stereocenters. The van der Waals surface area contributed by atoms with Crippen molar-refractivity contribution >= 4 is 34.7 Å². The van der Waals surface area contributed by atoms with E-state index < -0.39 is 23.5 Å². The van der Waals surface area contributed by atoms with Gasteiger partial charge in [-0.25, -0.2) is 4.79 Å². The van der Waals surface area contributed by atoms with Gasteiger partial charge in [0.15, 0.2) is 5.54 Å². The lowest BCUT2D eigenvalue weighted by Gasteiger charge is -2.27. The van der Waals surface area contributed by atoms with Crippen molar-refractivity contribution in [1.29, 1.82) is 0 Å². The van der Waals surface area contributed by atoms with Crippen LogP contribution in [-0.4, -0.2) is 58.3 Å². The Bertz CT molecular complexity index is 1420. The van der Waals surface area contributed by atoms with Crippen LogP contribution in [0.3, 0.4) is 0 Å². The van der Waals surface area contributed by atoms with Gasteiger partial charge in [0.1, 0.15) is 0 Å². The van der Waals surface area contributed by atoms with Crippen molar-refractivity contribution < 1.29 is 19.2 Å². The van der Waals surface area contributed by atoms with Crippen molar-refractivity contribution in [2.75, 3.05) is 13.1 Å². The molecule has 1 aromatic heterocycles. The lowest BCUT2D eigenvalue weighted by Crippen LogP contribution is -2.62. The van der Waals surface area contributed by atoms with Crippen LogP contribution < -0.4 is 16.0 Å². The van der Waals surface area contributed by atoms with Crippen LogP contribution in [0.4, 0.5) is 4.79 Å². The first kappa shape index (κ1) is 24.4. The normalized spacial score (nSPS) is 21.0. The van der Waals surface area contributed by atoms with Gasteiger partial charge in [-0.2, -0.15) is 0 Å². The minimum Gasteiger partial charge on any atom is -0.345 e. The van der Waals surface area contributed by atoms with E-state index in [9.17, 15) is 19.2 Å². The number of aromatic nitrogens is 1. The Kier molecular flexibility index (Phi) is 6.15. The molecule has 0 bridgehead atoms. The monoisotopic (exact) mass is 499 g/mol. The average molecular weight is 500 g/mol. The number of likely N-dealkylation sites (tertiary alicyclic amines) is 1. The van der Waals surface area contributed by atoms with E-state index in [2.05, 4.69) is 33.1 Å². The smallest absolute Gasteiger partial charge is 0.322 e. The van der Waals surface area contributed by atoms with Crippen molar-refractivity contribution in [1.82, 2.24) is 25.8 Å². The third-order valence-corrected chi connectivity index (χ3v) is 7.06. The maximum absolute atomic E-state index is 13.2. The van der Waals surface area contributed by atoms with E-state index in [0.29, 0.717) is 12.0 Å². The number of benzene rings is 2. The molecule has 9 heteroatoms. The Balaban J connectivity index is 1.34. The summed E-state index contributed by atoms with van der Waals surface area (Å²) in [5.41, 5.74) is 3.13. The fourth-order valence-corrected chi connectivity index (χ4v) is 5.19. The highest BCUT2D eigenvalue weighted by atomic mass is 16.2. The third kappa shape index (κ3) is 4.52. The summed E-state index contributed by atoms with van der Waals surface area (Å²) in [5.74, 6) is -1.35. The number of hydrogen-bond donors (Lipinski definition) is 3. The van der Waals surface area contributed by atoms with Gasteiger partial charge in [-0.05, 0) is 48.7 Å². The van der Waals surface area contributed by atoms with E-state index in [1.54, 1.807) is 26.0 Å². The maximum Gasteiger partial charge on any atom is 0.322 e. The molecule has 9 nitrogen and oxygen atoms in total. The first-order valence-corrected chi connectivity index (χ1v) is 12.3. The fourth-order valence-electron chi connectivity index (χ4n) is 5.19. The zero-order chi connectivity index (χ0) is 26.3. The Hall–Kier alpha value is -4.27. The van der Waals surface area contributed by atoms with Crippen LogP contribution in [-0.2, 0) is 16.0 Å². The van der Waals surface area contributed by atoms with E-state index in [-0.39, 0.29) is 30.8 Å². The highest BCUT2D eigenvalue weighted by molar-refractivity contribution is 6.09. The molecule has 2 aliphatic rings. The Labute approximate surface area is 214 Å². The summed E-state index contributed by atoms with van der Waals surface area (Å²) in [6.07, 6.45) is 0.690. The standard InChI is InChI=1S/C28H29N5O4/c1-16(2)25(35)33-14-23(28(15-33)26(36)31-27(37)32-28)30-24(34)19-10-8-18(9-11-19)13-20-12-17(3)29-22-7-5-4-6-21(20)22/h4-12,16,23H,13-15H2,1-3H3,(H,30,34)(H2,31,32,36,37)/t23-,28+/m1/s1. The number of amides is 5. The van der Waals surface area contributed by atoms with Crippen molar-refractivity contribution in [2.24, 2.45) is 5.92 Å². The number of aryl methyl sites for hydroxylation is 1. The number of pyridine rings is 1. The lowest BCUT2D eigenvalue weighted by atomic mass is 9.93. The molecule has 3 heterocycles. The predicted molar refractivity (Wildman–Crippen MR) is 138 cm³/mol. The Morgan fingerprint density at radius 3 is 2.54 bits per heavy atom. The van der Waals surface area contributed by atoms with Crippen LogP contribution >= 0.6 is 0 Å². The largest absolute Gasteiger partial charge is 0.345 e. The Morgan fingerprint density at radius 1 is 1.14 bits per heavy atom. The summed E-state index contributed by atoms with van der Waals surface area (Å²) >= 11 is 0. The number of carbonyl (C=O) groups excluding carboxylic acids is 4. The molecule has 37 heavy (non-hydrogen) atoms. The molecule has 2 aromatic carbocycles. The number of hydrogen-bond acceptors (Lipinski definition) is 5. The summed E-state index contributed by atoms with van der Waals surface area (Å²) in [5, 5.41) is 8.88. The van der Waals surface area contributed by atoms with Gasteiger partial charge in [0.2, 0.25) is 5.91 Å². The number of fused-ring (bicyclic) bond motifs is 1. The van der Waals surface area contributed by atoms with E-state index in [0.717, 1.165) is 27.7 Å². The van der Waals surface area contributed by atoms with Gasteiger partial charge < -0.3 is 15.5 Å². The zero-order valence-electron chi connectivity index (χ0n) is 21.0. The molecule has 0 saturated carbocycles. The second-order valence-corrected chi connectivity index (χ2v) is 10.1. The second-order valence-electron chi connectivity index (χ2n) is 10.1. The van der Waals surface area contributed by atoms with Gasteiger partial charge in [0.05, 0.1) is 18.1 Å². The summed E-state index contributed by atoms with van der Waals surface area (Å²) in [4.78, 5) is 56.6. The quantitative estimate of drug-likeness (QED) is 0.466. The van der Waals surface area contributed by atoms with Gasteiger partial charge in [-0.1, -0.05) is 44.2 Å². The molecular formula is C28H29N5O4. The number of nitrogens with zero attached hydrogens (tertiary/aromatic N) is 2. The summed E-state index contributed by atoms with van der Waals surface area (Å²) in [6.45, 7) is 5.65. The first-order valence-electron chi connectivity index (χ1n) is 12.3. The summed E-state index contributed by atoms with van der Waals surface area (Å²) in [7, 11) is 0. The van der Waals surface area contributed by atoms with E-state index in [4.69, 9.17) is 0 Å². The number of rotatable bonds is 5. The molecule has 2 aliphatic heterocycles. The SMILES string of the molecule is Cc1cc(Cc2ccc(C(=O)N[C@@H]3CN(C(=O)C(C)C)C[C@]34NC(=O)NC4=O)cc2)c2ccccc2n1. The average Bonchev–Trinajstić information content (AvgIpc) is 3.36. The molecule has 3 aromatic rings. The van der Waals surface area contributed by atoms with Gasteiger partial charge in [-0.3, -0.25) is 24.7 Å². The van der Waals surface area contributed by atoms with Crippen LogP contribution in [0, 0.1) is 12.8 Å². The number of para-hydroxylation sites is 1. The molecule has 0 radical (unpaired) electrons. The van der Waals surface area contributed by atoms with Crippen molar-refractivity contribution in [3.05, 3.63) is 77.0 Å². The third-order valence-electron chi connectivity index (χ3n) is 7.06. The second kappa shape index (κ2) is 9.31. The molecule has 1 spiro atoms. The van der Waals surface area contributed by atoms with Gasteiger partial charge in [0, 0.05) is 29.1 Å². The van der Waals surface area contributed by atoms with Crippen molar-refractivity contribution in [3.8, 4) is 0 Å². The lowest BCUT2D eigenvalue weighted by molar-refractivity contribution is -0.133. The molecule has 2 saturated heterocycles. The van der Waals surface area contributed by atoms with Crippen LogP contribution in [0.5, 0.6) is 0 Å². The molecular weight excluding hydrogens is 470 g/mol. The number of urea groups is 1. The topological polar surface area (TPSA) is 121 Å². The van der Waals surface area contributed by atoms with Gasteiger partial charge >= 0.3 is 6.03 Å². The highest BCUT2D eigenvalue weighted by Gasteiger charge is 2.58. The van der Waals surface area contributed by atoms with Crippen LogP contribution in [0.15, 0.2) is 54.6 Å². The molecule has 190 valence electrons. The van der Waals surface area contributed by atoms with Gasteiger partial charge in [0.25, 0.3) is 11.8 Å². The van der Waals surface area contributed by atoms with E-state index >= 15 is 0 Å². The number of nitrogens with one attached hydrogen (secondary N) is 3. The minimum atomic E-state index is -1.39. The molecule has 5 rings (SSSR count). The molecule has 2 fully saturated rings. The molecule has 3 N–H and O–H groups in total. The minimum absolute atomic E-state index is 0.00474. The fraction of sp³-hybridized carbons (Fsp3) is 0.321.